The monoisotopic (exact) mass is 578 g/mol. The maximum absolute atomic E-state index is 13.5. The molecule has 3 aromatic rings. The van der Waals surface area contributed by atoms with E-state index in [1.807, 2.05) is 12.1 Å². The molecule has 0 aliphatic carbocycles. The molecule has 0 N–H and O–H groups in total. The van der Waals surface area contributed by atoms with Crippen LogP contribution in [0.15, 0.2) is 48.8 Å². The number of rotatable bonds is 6. The topological polar surface area (TPSA) is 65.0 Å². The fourth-order valence-electron chi connectivity index (χ4n) is 6.48. The van der Waals surface area contributed by atoms with Crippen LogP contribution in [0.2, 0.25) is 5.02 Å². The molecule has 0 saturated carbocycles. The number of likely N-dealkylation sites (N-methyl/N-ethyl adjacent to an activating group) is 1. The summed E-state index contributed by atoms with van der Waals surface area (Å²) in [5, 5.41) is 2.88. The summed E-state index contributed by atoms with van der Waals surface area (Å²) in [6, 6.07) is 13.0. The number of ether oxygens (including phenoxy) is 1. The van der Waals surface area contributed by atoms with Crippen LogP contribution in [0.3, 0.4) is 0 Å². The number of carbonyl (C=O) groups excluding carboxylic acids is 1. The molecule has 2 aromatic carbocycles. The van der Waals surface area contributed by atoms with Gasteiger partial charge >= 0.3 is 6.01 Å². The lowest BCUT2D eigenvalue weighted by Gasteiger charge is -2.38. The lowest BCUT2D eigenvalue weighted by atomic mass is 10.0. The van der Waals surface area contributed by atoms with E-state index in [1.54, 1.807) is 0 Å². The standard InChI is InChI=1S/C31H36ClFN6O2/c1-20-16-23(36(3)17-20)19-41-31-34-26-18-39(27-9-5-7-22-6-4-8-25(32)28(22)27)11-10-24(26)29(35-31)37-12-14-38(15-13-37)30(40)21(2)33/h4-9,20,23H,2,10-19H2,1,3H3/t20-,23+/m1/s1. The van der Waals surface area contributed by atoms with Crippen LogP contribution >= 0.6 is 11.6 Å². The van der Waals surface area contributed by atoms with Gasteiger partial charge in [0, 0.05) is 61.9 Å². The molecule has 10 heteroatoms. The summed E-state index contributed by atoms with van der Waals surface area (Å²) in [5.41, 5.74) is 3.12. The third kappa shape index (κ3) is 5.57. The van der Waals surface area contributed by atoms with E-state index >= 15 is 0 Å². The molecule has 4 heterocycles. The summed E-state index contributed by atoms with van der Waals surface area (Å²) in [6.07, 6.45) is 1.84. The number of benzene rings is 2. The maximum Gasteiger partial charge on any atom is 0.318 e. The Balaban J connectivity index is 1.30. The van der Waals surface area contributed by atoms with E-state index in [0.29, 0.717) is 57.3 Å². The number of piperazine rings is 1. The summed E-state index contributed by atoms with van der Waals surface area (Å²) in [5.74, 6) is -0.0832. The molecule has 3 aliphatic rings. The minimum Gasteiger partial charge on any atom is -0.462 e. The van der Waals surface area contributed by atoms with Gasteiger partial charge in [-0.25, -0.2) is 4.39 Å². The van der Waals surface area contributed by atoms with Gasteiger partial charge in [-0.05, 0) is 43.3 Å². The molecule has 2 saturated heterocycles. The molecule has 0 bridgehead atoms. The van der Waals surface area contributed by atoms with Crippen molar-refractivity contribution in [2.24, 2.45) is 5.92 Å². The number of hydrogen-bond acceptors (Lipinski definition) is 7. The van der Waals surface area contributed by atoms with Gasteiger partial charge in [-0.2, -0.15) is 9.97 Å². The van der Waals surface area contributed by atoms with Gasteiger partial charge in [-0.15, -0.1) is 0 Å². The average molecular weight is 579 g/mol. The number of likely N-dealkylation sites (tertiary alicyclic amines) is 1. The minimum absolute atomic E-state index is 0.325. The van der Waals surface area contributed by atoms with Gasteiger partial charge in [-0.1, -0.05) is 49.4 Å². The first-order valence-corrected chi connectivity index (χ1v) is 14.7. The molecule has 41 heavy (non-hydrogen) atoms. The zero-order valence-electron chi connectivity index (χ0n) is 23.7. The second-order valence-electron chi connectivity index (χ2n) is 11.5. The molecular weight excluding hydrogens is 543 g/mol. The summed E-state index contributed by atoms with van der Waals surface area (Å²) in [7, 11) is 2.14. The van der Waals surface area contributed by atoms with Crippen LogP contribution < -0.4 is 14.5 Å². The van der Waals surface area contributed by atoms with Gasteiger partial charge in [0.15, 0.2) is 5.83 Å². The van der Waals surface area contributed by atoms with Crippen molar-refractivity contribution in [1.82, 2.24) is 19.8 Å². The summed E-state index contributed by atoms with van der Waals surface area (Å²) in [4.78, 5) is 30.3. The Hall–Kier alpha value is -3.43. The van der Waals surface area contributed by atoms with Crippen molar-refractivity contribution in [1.29, 1.82) is 0 Å². The molecule has 8 nitrogen and oxygen atoms in total. The molecule has 2 fully saturated rings. The van der Waals surface area contributed by atoms with Gasteiger partial charge in [0.2, 0.25) is 0 Å². The van der Waals surface area contributed by atoms with Crippen LogP contribution in [0, 0.1) is 5.92 Å². The molecular formula is C31H36ClFN6O2. The molecule has 0 radical (unpaired) electrons. The molecule has 3 aliphatic heterocycles. The molecule has 0 spiro atoms. The quantitative estimate of drug-likeness (QED) is 0.393. The Labute approximate surface area is 245 Å². The molecule has 216 valence electrons. The number of carbonyl (C=O) groups is 1. The van der Waals surface area contributed by atoms with Crippen LogP contribution in [0.1, 0.15) is 24.6 Å². The van der Waals surface area contributed by atoms with E-state index in [4.69, 9.17) is 26.3 Å². The predicted molar refractivity (Wildman–Crippen MR) is 160 cm³/mol. The Bertz CT molecular complexity index is 1470. The normalized spacial score (nSPS) is 21.3. The van der Waals surface area contributed by atoms with Crippen LogP contribution in [0.25, 0.3) is 10.8 Å². The van der Waals surface area contributed by atoms with Gasteiger partial charge in [-0.3, -0.25) is 9.69 Å². The molecule has 6 rings (SSSR count). The third-order valence-electron chi connectivity index (χ3n) is 8.60. The minimum atomic E-state index is -0.923. The second kappa shape index (κ2) is 11.4. The first-order chi connectivity index (χ1) is 19.8. The SMILES string of the molecule is C=C(F)C(=O)N1CCN(c2nc(OC[C@@H]3C[C@@H](C)CN3C)nc3c2CCN(c2cccc4cccc(Cl)c24)C3)CC1. The molecule has 0 unspecified atom stereocenters. The van der Waals surface area contributed by atoms with E-state index < -0.39 is 11.7 Å². The maximum atomic E-state index is 13.5. The van der Waals surface area contributed by atoms with Gasteiger partial charge in [0.25, 0.3) is 5.91 Å². The molecule has 1 aromatic heterocycles. The summed E-state index contributed by atoms with van der Waals surface area (Å²) >= 11 is 6.67. The van der Waals surface area contributed by atoms with Crippen LogP contribution in [0.4, 0.5) is 15.9 Å². The smallest absolute Gasteiger partial charge is 0.318 e. The number of aromatic nitrogens is 2. The fraction of sp³-hybridized carbons (Fsp3) is 0.452. The Morgan fingerprint density at radius 1 is 1.10 bits per heavy atom. The molecule has 2 atom stereocenters. The zero-order chi connectivity index (χ0) is 28.7. The highest BCUT2D eigenvalue weighted by Crippen LogP contribution is 2.37. The van der Waals surface area contributed by atoms with Gasteiger partial charge in [0.05, 0.1) is 17.3 Å². The van der Waals surface area contributed by atoms with Crippen molar-refractivity contribution >= 4 is 39.8 Å². The number of halogens is 2. The van der Waals surface area contributed by atoms with Crippen molar-refractivity contribution in [3.05, 3.63) is 65.1 Å². The van der Waals surface area contributed by atoms with Crippen LogP contribution in [-0.2, 0) is 17.8 Å². The van der Waals surface area contributed by atoms with Gasteiger partial charge in [0.1, 0.15) is 12.4 Å². The van der Waals surface area contributed by atoms with E-state index in [2.05, 4.69) is 59.5 Å². The fourth-order valence-corrected chi connectivity index (χ4v) is 6.76. The van der Waals surface area contributed by atoms with E-state index in [0.717, 1.165) is 64.5 Å². The highest BCUT2D eigenvalue weighted by Gasteiger charge is 2.31. The summed E-state index contributed by atoms with van der Waals surface area (Å²) < 4.78 is 19.8. The first-order valence-electron chi connectivity index (χ1n) is 14.3. The van der Waals surface area contributed by atoms with E-state index in [-0.39, 0.29) is 0 Å². The van der Waals surface area contributed by atoms with Gasteiger partial charge < -0.3 is 19.4 Å². The average Bonchev–Trinajstić information content (AvgIpc) is 3.31. The van der Waals surface area contributed by atoms with Crippen molar-refractivity contribution in [3.8, 4) is 6.01 Å². The Kier molecular flexibility index (Phi) is 7.74. The van der Waals surface area contributed by atoms with Crippen molar-refractivity contribution < 1.29 is 13.9 Å². The highest BCUT2D eigenvalue weighted by molar-refractivity contribution is 6.36. The largest absolute Gasteiger partial charge is 0.462 e. The van der Waals surface area contributed by atoms with Crippen LogP contribution in [0.5, 0.6) is 6.01 Å². The lowest BCUT2D eigenvalue weighted by Crippen LogP contribution is -2.49. The van der Waals surface area contributed by atoms with Crippen molar-refractivity contribution in [2.45, 2.75) is 32.4 Å². The van der Waals surface area contributed by atoms with Crippen molar-refractivity contribution in [2.75, 3.05) is 62.7 Å². The second-order valence-corrected chi connectivity index (χ2v) is 11.9. The number of amides is 1. The van der Waals surface area contributed by atoms with E-state index in [1.165, 1.54) is 4.90 Å². The molecule has 1 amide bonds. The van der Waals surface area contributed by atoms with E-state index in [9.17, 15) is 9.18 Å². The predicted octanol–water partition coefficient (Wildman–Crippen LogP) is 4.70. The number of hydrogen-bond donors (Lipinski definition) is 0. The number of anilines is 2. The Morgan fingerprint density at radius 3 is 2.56 bits per heavy atom. The Morgan fingerprint density at radius 2 is 1.85 bits per heavy atom. The first kappa shape index (κ1) is 27.7. The van der Waals surface area contributed by atoms with Crippen molar-refractivity contribution in [3.63, 3.8) is 0 Å². The highest BCUT2D eigenvalue weighted by atomic mass is 35.5. The number of fused-ring (bicyclic) bond motifs is 2. The lowest BCUT2D eigenvalue weighted by molar-refractivity contribution is -0.128. The third-order valence-corrected chi connectivity index (χ3v) is 8.91. The van der Waals surface area contributed by atoms with Crippen LogP contribution in [-0.4, -0.2) is 84.6 Å². The zero-order valence-corrected chi connectivity index (χ0v) is 24.4. The number of nitrogens with zero attached hydrogens (tertiary/aromatic N) is 6. The summed E-state index contributed by atoms with van der Waals surface area (Å²) in [6.45, 7) is 10.3.